The molecule has 0 radical (unpaired) electrons. The Morgan fingerprint density at radius 3 is 2.65 bits per heavy atom. The SMILES string of the molecule is COc1nc(Oc2ccccc2F)ccc1N. The minimum Gasteiger partial charge on any atom is -0.479 e. The van der Waals surface area contributed by atoms with Crippen molar-refractivity contribution in [3.05, 3.63) is 42.2 Å². The first-order valence-electron chi connectivity index (χ1n) is 4.93. The zero-order valence-corrected chi connectivity index (χ0v) is 9.18. The van der Waals surface area contributed by atoms with Gasteiger partial charge in [-0.15, -0.1) is 0 Å². The number of nitrogens with two attached hydrogens (primary N) is 1. The number of aromatic nitrogens is 1. The molecule has 2 N–H and O–H groups in total. The van der Waals surface area contributed by atoms with Crippen LogP contribution in [0.25, 0.3) is 0 Å². The average Bonchev–Trinajstić information content (AvgIpc) is 2.34. The van der Waals surface area contributed by atoms with Gasteiger partial charge in [-0.25, -0.2) is 4.39 Å². The van der Waals surface area contributed by atoms with Gasteiger partial charge in [-0.05, 0) is 18.2 Å². The molecule has 0 atom stereocenters. The molecule has 0 aliphatic carbocycles. The molecule has 1 aromatic heterocycles. The second kappa shape index (κ2) is 4.69. The molecule has 5 heteroatoms. The smallest absolute Gasteiger partial charge is 0.240 e. The minimum absolute atomic E-state index is 0.104. The van der Waals surface area contributed by atoms with Gasteiger partial charge in [0.05, 0.1) is 12.8 Å². The Balaban J connectivity index is 2.28. The van der Waals surface area contributed by atoms with E-state index < -0.39 is 5.82 Å². The molecular weight excluding hydrogens is 223 g/mol. The van der Waals surface area contributed by atoms with Gasteiger partial charge in [0.1, 0.15) is 0 Å². The molecule has 0 spiro atoms. The predicted octanol–water partition coefficient (Wildman–Crippen LogP) is 2.60. The highest BCUT2D eigenvalue weighted by Crippen LogP contribution is 2.26. The summed E-state index contributed by atoms with van der Waals surface area (Å²) in [5.41, 5.74) is 6.00. The number of benzene rings is 1. The number of nitrogens with zero attached hydrogens (tertiary/aromatic N) is 1. The highest BCUT2D eigenvalue weighted by Gasteiger charge is 2.07. The van der Waals surface area contributed by atoms with Crippen LogP contribution in [0, 0.1) is 5.82 Å². The van der Waals surface area contributed by atoms with Crippen LogP contribution in [0.3, 0.4) is 0 Å². The normalized spacial score (nSPS) is 10.0. The van der Waals surface area contributed by atoms with Crippen LogP contribution in [0.1, 0.15) is 0 Å². The molecule has 0 saturated carbocycles. The molecule has 0 unspecified atom stereocenters. The number of hydrogen-bond donors (Lipinski definition) is 1. The Morgan fingerprint density at radius 2 is 1.94 bits per heavy atom. The number of nitrogen functional groups attached to an aromatic ring is 1. The van der Waals surface area contributed by atoms with E-state index in [1.165, 1.54) is 19.2 Å². The molecule has 4 nitrogen and oxygen atoms in total. The van der Waals surface area contributed by atoms with E-state index in [1.807, 2.05) is 0 Å². The summed E-state index contributed by atoms with van der Waals surface area (Å²) in [6.45, 7) is 0. The molecule has 0 saturated heterocycles. The Morgan fingerprint density at radius 1 is 1.18 bits per heavy atom. The minimum atomic E-state index is -0.454. The topological polar surface area (TPSA) is 57.4 Å². The second-order valence-electron chi connectivity index (χ2n) is 3.28. The van der Waals surface area contributed by atoms with E-state index in [2.05, 4.69) is 4.98 Å². The third-order valence-corrected chi connectivity index (χ3v) is 2.11. The molecule has 0 aliphatic heterocycles. The van der Waals surface area contributed by atoms with E-state index in [0.29, 0.717) is 5.69 Å². The monoisotopic (exact) mass is 234 g/mol. The van der Waals surface area contributed by atoms with E-state index in [0.717, 1.165) is 0 Å². The van der Waals surface area contributed by atoms with Gasteiger partial charge in [0.15, 0.2) is 11.6 Å². The number of halogens is 1. The highest BCUT2D eigenvalue weighted by atomic mass is 19.1. The van der Waals surface area contributed by atoms with Crippen molar-refractivity contribution >= 4 is 5.69 Å². The Bertz CT molecular complexity index is 532. The molecule has 0 aliphatic rings. The van der Waals surface area contributed by atoms with Gasteiger partial charge in [0.25, 0.3) is 0 Å². The van der Waals surface area contributed by atoms with Gasteiger partial charge in [0, 0.05) is 6.07 Å². The van der Waals surface area contributed by atoms with Gasteiger partial charge in [0.2, 0.25) is 11.8 Å². The summed E-state index contributed by atoms with van der Waals surface area (Å²) in [7, 11) is 1.45. The van der Waals surface area contributed by atoms with E-state index in [-0.39, 0.29) is 17.5 Å². The second-order valence-corrected chi connectivity index (χ2v) is 3.28. The van der Waals surface area contributed by atoms with Gasteiger partial charge in [-0.2, -0.15) is 4.98 Å². The van der Waals surface area contributed by atoms with Crippen LogP contribution < -0.4 is 15.2 Å². The van der Waals surface area contributed by atoms with Crippen molar-refractivity contribution in [2.75, 3.05) is 12.8 Å². The summed E-state index contributed by atoms with van der Waals surface area (Å²) >= 11 is 0. The van der Waals surface area contributed by atoms with Gasteiger partial charge in [-0.1, -0.05) is 12.1 Å². The lowest BCUT2D eigenvalue weighted by Gasteiger charge is -2.08. The standard InChI is InChI=1S/C12H11FN2O2/c1-16-12-9(14)6-7-11(15-12)17-10-5-3-2-4-8(10)13/h2-7H,14H2,1H3. The number of methoxy groups -OCH3 is 1. The van der Waals surface area contributed by atoms with E-state index in [4.69, 9.17) is 15.2 Å². The van der Waals surface area contributed by atoms with Crippen molar-refractivity contribution in [1.29, 1.82) is 0 Å². The summed E-state index contributed by atoms with van der Waals surface area (Å²) in [6.07, 6.45) is 0. The summed E-state index contributed by atoms with van der Waals surface area (Å²) in [6, 6.07) is 9.21. The average molecular weight is 234 g/mol. The third-order valence-electron chi connectivity index (χ3n) is 2.11. The third kappa shape index (κ3) is 2.44. The summed E-state index contributed by atoms with van der Waals surface area (Å²) in [5.74, 6) is 0.122. The molecule has 88 valence electrons. The molecule has 17 heavy (non-hydrogen) atoms. The number of para-hydroxylation sites is 1. The lowest BCUT2D eigenvalue weighted by atomic mass is 10.3. The van der Waals surface area contributed by atoms with Crippen molar-refractivity contribution in [3.8, 4) is 17.5 Å². The van der Waals surface area contributed by atoms with E-state index >= 15 is 0 Å². The van der Waals surface area contributed by atoms with Crippen LogP contribution in [0.15, 0.2) is 36.4 Å². The zero-order valence-electron chi connectivity index (χ0n) is 9.18. The van der Waals surface area contributed by atoms with Gasteiger partial charge >= 0.3 is 0 Å². The fraction of sp³-hybridized carbons (Fsp3) is 0.0833. The largest absolute Gasteiger partial charge is 0.479 e. The van der Waals surface area contributed by atoms with Gasteiger partial charge in [-0.3, -0.25) is 0 Å². The van der Waals surface area contributed by atoms with E-state index in [1.54, 1.807) is 24.3 Å². The predicted molar refractivity (Wildman–Crippen MR) is 61.7 cm³/mol. The van der Waals surface area contributed by atoms with Crippen molar-refractivity contribution in [2.45, 2.75) is 0 Å². The molecule has 2 rings (SSSR count). The van der Waals surface area contributed by atoms with Gasteiger partial charge < -0.3 is 15.2 Å². The summed E-state index contributed by atoms with van der Waals surface area (Å²) in [4.78, 5) is 3.99. The number of anilines is 1. The van der Waals surface area contributed by atoms with Crippen molar-refractivity contribution in [3.63, 3.8) is 0 Å². The Kier molecular flexibility index (Phi) is 3.09. The lowest BCUT2D eigenvalue weighted by Crippen LogP contribution is -1.97. The number of pyridine rings is 1. The van der Waals surface area contributed by atoms with Crippen LogP contribution >= 0.6 is 0 Å². The maximum Gasteiger partial charge on any atom is 0.240 e. The van der Waals surface area contributed by atoms with Crippen LogP contribution in [-0.4, -0.2) is 12.1 Å². The first kappa shape index (κ1) is 11.2. The molecule has 0 bridgehead atoms. The molecule has 0 fully saturated rings. The van der Waals surface area contributed by atoms with Crippen molar-refractivity contribution in [2.24, 2.45) is 0 Å². The molecule has 2 aromatic rings. The van der Waals surface area contributed by atoms with Crippen LogP contribution in [0.4, 0.5) is 10.1 Å². The molecule has 1 aromatic carbocycles. The quantitative estimate of drug-likeness (QED) is 0.886. The highest BCUT2D eigenvalue weighted by molar-refractivity contribution is 5.49. The summed E-state index contributed by atoms with van der Waals surface area (Å²) in [5, 5.41) is 0. The van der Waals surface area contributed by atoms with Crippen molar-refractivity contribution in [1.82, 2.24) is 4.98 Å². The number of ether oxygens (including phenoxy) is 2. The maximum atomic E-state index is 13.3. The Labute approximate surface area is 97.8 Å². The first-order valence-corrected chi connectivity index (χ1v) is 4.93. The first-order chi connectivity index (χ1) is 8.20. The fourth-order valence-electron chi connectivity index (χ4n) is 1.29. The Hall–Kier alpha value is -2.30. The van der Waals surface area contributed by atoms with E-state index in [9.17, 15) is 4.39 Å². The fourth-order valence-corrected chi connectivity index (χ4v) is 1.29. The van der Waals surface area contributed by atoms with Crippen molar-refractivity contribution < 1.29 is 13.9 Å². The maximum absolute atomic E-state index is 13.3. The number of hydrogen-bond acceptors (Lipinski definition) is 4. The molecular formula is C12H11FN2O2. The summed E-state index contributed by atoms with van der Waals surface area (Å²) < 4.78 is 23.6. The molecule has 1 heterocycles. The van der Waals surface area contributed by atoms with Crippen LogP contribution in [0.5, 0.6) is 17.5 Å². The van der Waals surface area contributed by atoms with Crippen LogP contribution in [-0.2, 0) is 0 Å². The number of rotatable bonds is 3. The lowest BCUT2D eigenvalue weighted by molar-refractivity contribution is 0.380. The molecule has 0 amide bonds. The van der Waals surface area contributed by atoms with Crippen LogP contribution in [0.2, 0.25) is 0 Å². The zero-order chi connectivity index (χ0) is 12.3.